The van der Waals surface area contributed by atoms with Crippen LogP contribution in [0.15, 0.2) is 0 Å². The SMILES string of the molecule is O=C(NCC1CCCC(O)C1)[C@@H]1CC[C@H](C(=O)O)O1. The topological polar surface area (TPSA) is 95.9 Å². The van der Waals surface area contributed by atoms with Crippen LogP contribution in [0, 0.1) is 5.92 Å². The Morgan fingerprint density at radius 2 is 1.89 bits per heavy atom. The lowest BCUT2D eigenvalue weighted by Gasteiger charge is -2.26. The first-order chi connectivity index (χ1) is 9.06. The molecule has 1 aliphatic heterocycles. The first-order valence-corrected chi connectivity index (χ1v) is 6.90. The highest BCUT2D eigenvalue weighted by atomic mass is 16.5. The van der Waals surface area contributed by atoms with Crippen LogP contribution < -0.4 is 5.32 Å². The second-order valence-corrected chi connectivity index (χ2v) is 5.46. The van der Waals surface area contributed by atoms with E-state index >= 15 is 0 Å². The molecule has 0 spiro atoms. The zero-order valence-corrected chi connectivity index (χ0v) is 10.9. The van der Waals surface area contributed by atoms with E-state index < -0.39 is 18.2 Å². The molecule has 1 amide bonds. The lowest BCUT2D eigenvalue weighted by Crippen LogP contribution is -2.39. The highest BCUT2D eigenvalue weighted by molar-refractivity contribution is 5.82. The largest absolute Gasteiger partial charge is 0.479 e. The maximum Gasteiger partial charge on any atom is 0.332 e. The smallest absolute Gasteiger partial charge is 0.332 e. The molecule has 2 unspecified atom stereocenters. The van der Waals surface area contributed by atoms with Crippen LogP contribution in [0.1, 0.15) is 38.5 Å². The van der Waals surface area contributed by atoms with E-state index in [-0.39, 0.29) is 12.0 Å². The van der Waals surface area contributed by atoms with Crippen molar-refractivity contribution in [1.82, 2.24) is 5.32 Å². The molecule has 0 aromatic heterocycles. The second-order valence-electron chi connectivity index (χ2n) is 5.46. The Balaban J connectivity index is 1.71. The van der Waals surface area contributed by atoms with Gasteiger partial charge in [-0.25, -0.2) is 4.79 Å². The molecule has 2 fully saturated rings. The maximum atomic E-state index is 11.8. The molecule has 1 saturated carbocycles. The summed E-state index contributed by atoms with van der Waals surface area (Å²) in [6.07, 6.45) is 2.66. The number of hydrogen-bond donors (Lipinski definition) is 3. The Bertz CT molecular complexity index is 346. The van der Waals surface area contributed by atoms with Crippen LogP contribution in [0.4, 0.5) is 0 Å². The van der Waals surface area contributed by atoms with E-state index in [1.165, 1.54) is 0 Å². The number of aliphatic hydroxyl groups is 1. The predicted molar refractivity (Wildman–Crippen MR) is 66.5 cm³/mol. The number of aliphatic hydroxyl groups excluding tert-OH is 1. The van der Waals surface area contributed by atoms with Gasteiger partial charge in [-0.05, 0) is 38.0 Å². The van der Waals surface area contributed by atoms with Crippen molar-refractivity contribution in [1.29, 1.82) is 0 Å². The van der Waals surface area contributed by atoms with Crippen LogP contribution in [-0.4, -0.2) is 46.9 Å². The predicted octanol–water partition coefficient (Wildman–Crippen LogP) is 0.286. The average Bonchev–Trinajstić information content (AvgIpc) is 2.86. The summed E-state index contributed by atoms with van der Waals surface area (Å²) in [4.78, 5) is 22.6. The van der Waals surface area contributed by atoms with E-state index in [4.69, 9.17) is 9.84 Å². The molecule has 3 N–H and O–H groups in total. The van der Waals surface area contributed by atoms with E-state index in [0.29, 0.717) is 25.3 Å². The van der Waals surface area contributed by atoms with Crippen molar-refractivity contribution in [3.05, 3.63) is 0 Å². The van der Waals surface area contributed by atoms with Gasteiger partial charge in [0.25, 0.3) is 0 Å². The summed E-state index contributed by atoms with van der Waals surface area (Å²) in [5.74, 6) is -0.932. The van der Waals surface area contributed by atoms with E-state index in [2.05, 4.69) is 5.32 Å². The highest BCUT2D eigenvalue weighted by Crippen LogP contribution is 2.24. The summed E-state index contributed by atoms with van der Waals surface area (Å²) < 4.78 is 5.18. The minimum Gasteiger partial charge on any atom is -0.479 e. The van der Waals surface area contributed by atoms with E-state index in [1.54, 1.807) is 0 Å². The number of rotatable bonds is 4. The molecule has 1 saturated heterocycles. The first-order valence-electron chi connectivity index (χ1n) is 6.90. The molecule has 108 valence electrons. The standard InChI is InChI=1S/C13H21NO5/c15-9-3-1-2-8(6-9)7-14-12(16)10-4-5-11(19-10)13(17)18/h8-11,15H,1-7H2,(H,14,16)(H,17,18)/t8?,9?,10-,11+/m0/s1. The Labute approximate surface area is 112 Å². The Hall–Kier alpha value is -1.14. The lowest BCUT2D eigenvalue weighted by molar-refractivity contribution is -0.151. The monoisotopic (exact) mass is 271 g/mol. The van der Waals surface area contributed by atoms with Crippen molar-refractivity contribution in [3.63, 3.8) is 0 Å². The summed E-state index contributed by atoms with van der Waals surface area (Å²) in [5.41, 5.74) is 0. The van der Waals surface area contributed by atoms with Gasteiger partial charge in [0.15, 0.2) is 6.10 Å². The summed E-state index contributed by atoms with van der Waals surface area (Å²) in [5, 5.41) is 21.1. The van der Waals surface area contributed by atoms with Gasteiger partial charge in [0, 0.05) is 6.54 Å². The Morgan fingerprint density at radius 1 is 1.16 bits per heavy atom. The van der Waals surface area contributed by atoms with Crippen molar-refractivity contribution in [2.24, 2.45) is 5.92 Å². The van der Waals surface area contributed by atoms with Gasteiger partial charge in [0.2, 0.25) is 5.91 Å². The van der Waals surface area contributed by atoms with Crippen LogP contribution in [-0.2, 0) is 14.3 Å². The van der Waals surface area contributed by atoms with Crippen molar-refractivity contribution in [3.8, 4) is 0 Å². The van der Waals surface area contributed by atoms with Crippen molar-refractivity contribution in [2.45, 2.75) is 56.8 Å². The van der Waals surface area contributed by atoms with Crippen molar-refractivity contribution in [2.75, 3.05) is 6.54 Å². The molecule has 0 radical (unpaired) electrons. The molecule has 2 rings (SSSR count). The molecule has 19 heavy (non-hydrogen) atoms. The summed E-state index contributed by atoms with van der Waals surface area (Å²) in [7, 11) is 0. The van der Waals surface area contributed by atoms with Crippen LogP contribution in [0.25, 0.3) is 0 Å². The highest BCUT2D eigenvalue weighted by Gasteiger charge is 2.34. The lowest BCUT2D eigenvalue weighted by atomic mass is 9.87. The van der Waals surface area contributed by atoms with Crippen LogP contribution >= 0.6 is 0 Å². The zero-order valence-electron chi connectivity index (χ0n) is 10.9. The van der Waals surface area contributed by atoms with Crippen molar-refractivity contribution >= 4 is 11.9 Å². The molecule has 4 atom stereocenters. The summed E-state index contributed by atoms with van der Waals surface area (Å²) in [6.45, 7) is 0.535. The fraction of sp³-hybridized carbons (Fsp3) is 0.846. The van der Waals surface area contributed by atoms with Gasteiger partial charge >= 0.3 is 5.97 Å². The van der Waals surface area contributed by atoms with Gasteiger partial charge in [0.1, 0.15) is 6.10 Å². The number of carbonyl (C=O) groups is 2. The van der Waals surface area contributed by atoms with Gasteiger partial charge in [-0.2, -0.15) is 0 Å². The molecule has 2 aliphatic rings. The van der Waals surface area contributed by atoms with Crippen LogP contribution in [0.5, 0.6) is 0 Å². The molecule has 0 aromatic carbocycles. The number of carboxylic acid groups (broad SMARTS) is 1. The Kier molecular flexibility index (Phi) is 4.76. The maximum absolute atomic E-state index is 11.8. The first kappa shape index (κ1) is 14.3. The number of ether oxygens (including phenoxy) is 1. The normalized spacial score (nSPS) is 35.0. The van der Waals surface area contributed by atoms with Crippen LogP contribution in [0.3, 0.4) is 0 Å². The zero-order chi connectivity index (χ0) is 13.8. The molecule has 1 aliphatic carbocycles. The number of carboxylic acids is 1. The van der Waals surface area contributed by atoms with Gasteiger partial charge in [-0.15, -0.1) is 0 Å². The third-order valence-electron chi connectivity index (χ3n) is 3.91. The fourth-order valence-electron chi connectivity index (χ4n) is 2.82. The van der Waals surface area contributed by atoms with E-state index in [0.717, 1.165) is 25.7 Å². The minimum atomic E-state index is -1.01. The minimum absolute atomic E-state index is 0.233. The van der Waals surface area contributed by atoms with Gasteiger partial charge < -0.3 is 20.3 Å². The van der Waals surface area contributed by atoms with Crippen LogP contribution in [0.2, 0.25) is 0 Å². The number of amides is 1. The third-order valence-corrected chi connectivity index (χ3v) is 3.91. The number of hydrogen-bond acceptors (Lipinski definition) is 4. The van der Waals surface area contributed by atoms with Gasteiger partial charge in [-0.1, -0.05) is 6.42 Å². The van der Waals surface area contributed by atoms with E-state index in [1.807, 2.05) is 0 Å². The number of nitrogens with one attached hydrogen (secondary N) is 1. The number of carbonyl (C=O) groups excluding carboxylic acids is 1. The van der Waals surface area contributed by atoms with Gasteiger partial charge in [0.05, 0.1) is 6.10 Å². The summed E-state index contributed by atoms with van der Waals surface area (Å²) in [6, 6.07) is 0. The second kappa shape index (κ2) is 6.34. The molecule has 6 nitrogen and oxygen atoms in total. The third kappa shape index (κ3) is 3.91. The molecule has 0 bridgehead atoms. The molecular formula is C13H21NO5. The molecule has 1 heterocycles. The Morgan fingerprint density at radius 3 is 2.53 bits per heavy atom. The quantitative estimate of drug-likeness (QED) is 0.683. The molecular weight excluding hydrogens is 250 g/mol. The molecule has 0 aromatic rings. The van der Waals surface area contributed by atoms with E-state index in [9.17, 15) is 14.7 Å². The van der Waals surface area contributed by atoms with Gasteiger partial charge in [-0.3, -0.25) is 4.79 Å². The molecule has 6 heteroatoms. The summed E-state index contributed by atoms with van der Waals surface area (Å²) >= 11 is 0. The average molecular weight is 271 g/mol. The fourth-order valence-corrected chi connectivity index (χ4v) is 2.82. The number of aliphatic carboxylic acids is 1. The van der Waals surface area contributed by atoms with Crippen molar-refractivity contribution < 1.29 is 24.5 Å².